The molecule has 5 nitrogen and oxygen atoms in total. The van der Waals surface area contributed by atoms with E-state index < -0.39 is 10.0 Å². The number of amides is 1. The summed E-state index contributed by atoms with van der Waals surface area (Å²) in [5.74, 6) is -0.246. The SMILES string of the molecule is C=CCN(CC(=O)NC1CC1)S(C)(=O)=O. The Morgan fingerprint density at radius 3 is 2.60 bits per heavy atom. The molecule has 0 bridgehead atoms. The Balaban J connectivity index is 2.49. The van der Waals surface area contributed by atoms with E-state index in [0.717, 1.165) is 23.4 Å². The van der Waals surface area contributed by atoms with Gasteiger partial charge in [-0.25, -0.2) is 8.42 Å². The van der Waals surface area contributed by atoms with Crippen molar-refractivity contribution >= 4 is 15.9 Å². The smallest absolute Gasteiger partial charge is 0.235 e. The largest absolute Gasteiger partial charge is 0.352 e. The lowest BCUT2D eigenvalue weighted by Gasteiger charge is -2.17. The van der Waals surface area contributed by atoms with Gasteiger partial charge in [0.05, 0.1) is 12.8 Å². The topological polar surface area (TPSA) is 66.5 Å². The summed E-state index contributed by atoms with van der Waals surface area (Å²) < 4.78 is 23.6. The summed E-state index contributed by atoms with van der Waals surface area (Å²) in [6, 6.07) is 0.252. The molecule has 0 aliphatic heterocycles. The first kappa shape index (κ1) is 12.2. The van der Waals surface area contributed by atoms with Crippen LogP contribution in [0.2, 0.25) is 0 Å². The van der Waals surface area contributed by atoms with Crippen molar-refractivity contribution < 1.29 is 13.2 Å². The van der Waals surface area contributed by atoms with Gasteiger partial charge in [-0.2, -0.15) is 4.31 Å². The molecule has 1 amide bonds. The van der Waals surface area contributed by atoms with Gasteiger partial charge < -0.3 is 5.32 Å². The summed E-state index contributed by atoms with van der Waals surface area (Å²) in [7, 11) is -3.34. The molecule has 1 fully saturated rings. The highest BCUT2D eigenvalue weighted by atomic mass is 32.2. The van der Waals surface area contributed by atoms with Gasteiger partial charge >= 0.3 is 0 Å². The molecule has 0 aromatic heterocycles. The molecule has 1 N–H and O–H groups in total. The van der Waals surface area contributed by atoms with Crippen molar-refractivity contribution in [1.82, 2.24) is 9.62 Å². The van der Waals surface area contributed by atoms with Gasteiger partial charge in [0.1, 0.15) is 0 Å². The standard InChI is InChI=1S/C9H16N2O3S/c1-3-6-11(15(2,13)14)7-9(12)10-8-4-5-8/h3,8H,1,4-7H2,2H3,(H,10,12). The van der Waals surface area contributed by atoms with Crippen LogP contribution in [0, 0.1) is 0 Å². The minimum atomic E-state index is -3.34. The Hall–Kier alpha value is -0.880. The molecule has 15 heavy (non-hydrogen) atoms. The predicted octanol–water partition coefficient (Wildman–Crippen LogP) is -0.287. The monoisotopic (exact) mass is 232 g/mol. The van der Waals surface area contributed by atoms with Crippen molar-refractivity contribution in [3.63, 3.8) is 0 Å². The van der Waals surface area contributed by atoms with Gasteiger partial charge in [-0.3, -0.25) is 4.79 Å². The lowest BCUT2D eigenvalue weighted by Crippen LogP contribution is -2.40. The molecule has 0 unspecified atom stereocenters. The van der Waals surface area contributed by atoms with Crippen LogP contribution in [0.1, 0.15) is 12.8 Å². The zero-order valence-electron chi connectivity index (χ0n) is 8.77. The van der Waals surface area contributed by atoms with E-state index in [2.05, 4.69) is 11.9 Å². The van der Waals surface area contributed by atoms with Crippen LogP contribution in [0.15, 0.2) is 12.7 Å². The molecule has 6 heteroatoms. The first-order valence-corrected chi connectivity index (χ1v) is 6.63. The van der Waals surface area contributed by atoms with Gasteiger partial charge in [0, 0.05) is 12.6 Å². The van der Waals surface area contributed by atoms with E-state index in [1.807, 2.05) is 0 Å². The Morgan fingerprint density at radius 2 is 2.20 bits per heavy atom. The summed E-state index contributed by atoms with van der Waals surface area (Å²) in [6.07, 6.45) is 4.53. The van der Waals surface area contributed by atoms with Crippen LogP contribution in [-0.2, 0) is 14.8 Å². The minimum absolute atomic E-state index is 0.124. The Morgan fingerprint density at radius 1 is 1.60 bits per heavy atom. The van der Waals surface area contributed by atoms with Crippen molar-refractivity contribution in [2.45, 2.75) is 18.9 Å². The van der Waals surface area contributed by atoms with Crippen molar-refractivity contribution in [2.24, 2.45) is 0 Å². The molecule has 0 radical (unpaired) electrons. The zero-order chi connectivity index (χ0) is 11.5. The van der Waals surface area contributed by atoms with Gasteiger partial charge in [0.25, 0.3) is 0 Å². The molecule has 0 saturated heterocycles. The van der Waals surface area contributed by atoms with Gasteiger partial charge in [-0.15, -0.1) is 6.58 Å². The lowest BCUT2D eigenvalue weighted by atomic mass is 10.5. The van der Waals surface area contributed by atoms with Gasteiger partial charge in [-0.1, -0.05) is 6.08 Å². The predicted molar refractivity (Wildman–Crippen MR) is 57.8 cm³/mol. The third-order valence-corrected chi connectivity index (χ3v) is 3.28. The van der Waals surface area contributed by atoms with Gasteiger partial charge in [0.2, 0.25) is 15.9 Å². The van der Waals surface area contributed by atoms with Gasteiger partial charge in [0.15, 0.2) is 0 Å². The first-order valence-electron chi connectivity index (χ1n) is 4.79. The second kappa shape index (κ2) is 4.76. The first-order chi connectivity index (χ1) is 6.93. The van der Waals surface area contributed by atoms with Crippen LogP contribution in [0.3, 0.4) is 0 Å². The van der Waals surface area contributed by atoms with E-state index >= 15 is 0 Å². The second-order valence-electron chi connectivity index (χ2n) is 3.69. The highest BCUT2D eigenvalue weighted by molar-refractivity contribution is 7.88. The van der Waals surface area contributed by atoms with Crippen LogP contribution in [0.5, 0.6) is 0 Å². The van der Waals surface area contributed by atoms with Gasteiger partial charge in [-0.05, 0) is 12.8 Å². The van der Waals surface area contributed by atoms with E-state index in [1.165, 1.54) is 6.08 Å². The van der Waals surface area contributed by atoms with Crippen molar-refractivity contribution in [2.75, 3.05) is 19.3 Å². The number of sulfonamides is 1. The number of nitrogens with zero attached hydrogens (tertiary/aromatic N) is 1. The normalized spacial score (nSPS) is 16.4. The van der Waals surface area contributed by atoms with E-state index in [9.17, 15) is 13.2 Å². The van der Waals surface area contributed by atoms with Crippen molar-refractivity contribution in [1.29, 1.82) is 0 Å². The van der Waals surface area contributed by atoms with E-state index in [1.54, 1.807) is 0 Å². The fraction of sp³-hybridized carbons (Fsp3) is 0.667. The van der Waals surface area contributed by atoms with Crippen LogP contribution in [0.25, 0.3) is 0 Å². The molecule has 0 spiro atoms. The molecule has 0 aromatic carbocycles. The maximum atomic E-state index is 11.4. The third kappa shape index (κ3) is 4.44. The summed E-state index contributed by atoms with van der Waals surface area (Å²) in [4.78, 5) is 11.4. The highest BCUT2D eigenvalue weighted by Gasteiger charge is 2.25. The number of rotatable bonds is 6. The summed E-state index contributed by atoms with van der Waals surface area (Å²) in [6.45, 7) is 3.50. The fourth-order valence-corrected chi connectivity index (χ4v) is 1.85. The van der Waals surface area contributed by atoms with Crippen LogP contribution in [0.4, 0.5) is 0 Å². The summed E-state index contributed by atoms with van der Waals surface area (Å²) in [5, 5.41) is 2.74. The summed E-state index contributed by atoms with van der Waals surface area (Å²) >= 11 is 0. The molecule has 1 aliphatic rings. The minimum Gasteiger partial charge on any atom is -0.352 e. The molecule has 1 rings (SSSR count). The Kier molecular flexibility index (Phi) is 3.87. The molecular formula is C9H16N2O3S. The van der Waals surface area contributed by atoms with Crippen molar-refractivity contribution in [3.05, 3.63) is 12.7 Å². The number of hydrogen-bond donors (Lipinski definition) is 1. The third-order valence-electron chi connectivity index (χ3n) is 2.06. The van der Waals surface area contributed by atoms with Crippen LogP contribution >= 0.6 is 0 Å². The zero-order valence-corrected chi connectivity index (χ0v) is 9.59. The highest BCUT2D eigenvalue weighted by Crippen LogP contribution is 2.18. The van der Waals surface area contributed by atoms with Crippen LogP contribution in [-0.4, -0.2) is 44.0 Å². The van der Waals surface area contributed by atoms with E-state index in [-0.39, 0.29) is 25.0 Å². The van der Waals surface area contributed by atoms with Crippen molar-refractivity contribution in [3.8, 4) is 0 Å². The quantitative estimate of drug-likeness (QED) is 0.640. The number of nitrogens with one attached hydrogen (secondary N) is 1. The maximum Gasteiger partial charge on any atom is 0.235 e. The number of hydrogen-bond acceptors (Lipinski definition) is 3. The van der Waals surface area contributed by atoms with Crippen LogP contribution < -0.4 is 5.32 Å². The number of carbonyl (C=O) groups is 1. The molecule has 86 valence electrons. The second-order valence-corrected chi connectivity index (χ2v) is 5.67. The molecule has 0 heterocycles. The Labute approximate surface area is 90.2 Å². The molecule has 1 aliphatic carbocycles. The lowest BCUT2D eigenvalue weighted by molar-refractivity contribution is -0.121. The average molecular weight is 232 g/mol. The molecule has 1 saturated carbocycles. The van der Waals surface area contributed by atoms with E-state index in [4.69, 9.17) is 0 Å². The average Bonchev–Trinajstić information content (AvgIpc) is 2.85. The van der Waals surface area contributed by atoms with E-state index in [0.29, 0.717) is 0 Å². The maximum absolute atomic E-state index is 11.4. The molecular weight excluding hydrogens is 216 g/mol. The number of carbonyl (C=O) groups excluding carboxylic acids is 1. The Bertz CT molecular complexity index is 346. The fourth-order valence-electron chi connectivity index (χ4n) is 1.12. The summed E-state index contributed by atoms with van der Waals surface area (Å²) in [5.41, 5.74) is 0. The molecule has 0 aromatic rings. The molecule has 0 atom stereocenters.